The Balaban J connectivity index is 1.66. The van der Waals surface area contributed by atoms with Crippen molar-refractivity contribution in [1.29, 1.82) is 0 Å². The molecule has 1 heterocycles. The molecule has 2 fully saturated rings. The molecule has 25 heavy (non-hydrogen) atoms. The summed E-state index contributed by atoms with van der Waals surface area (Å²) >= 11 is 0. The van der Waals surface area contributed by atoms with Gasteiger partial charge in [-0.3, -0.25) is 19.7 Å². The van der Waals surface area contributed by atoms with Gasteiger partial charge in [0.2, 0.25) is 11.8 Å². The number of rotatable bonds is 6. The van der Waals surface area contributed by atoms with Crippen LogP contribution in [0.4, 0.5) is 5.69 Å². The van der Waals surface area contributed by atoms with Crippen LogP contribution in [0, 0.1) is 22.0 Å². The van der Waals surface area contributed by atoms with E-state index in [1.807, 2.05) is 11.8 Å². The Bertz CT molecular complexity index is 701. The molecule has 2 aliphatic rings. The Morgan fingerprint density at radius 2 is 2.16 bits per heavy atom. The van der Waals surface area contributed by atoms with Gasteiger partial charge in [0.25, 0.3) is 5.69 Å². The lowest BCUT2D eigenvalue weighted by Gasteiger charge is -2.27. The molecule has 1 aromatic carbocycles. The van der Waals surface area contributed by atoms with E-state index >= 15 is 0 Å². The molecule has 0 aromatic heterocycles. The molecule has 1 aromatic rings. The molecule has 2 amide bonds. The lowest BCUT2D eigenvalue weighted by Crippen LogP contribution is -2.36. The number of carbonyl (C=O) groups is 2. The van der Waals surface area contributed by atoms with Crippen LogP contribution in [0.5, 0.6) is 0 Å². The van der Waals surface area contributed by atoms with Gasteiger partial charge in [-0.05, 0) is 31.2 Å². The Morgan fingerprint density at radius 3 is 2.80 bits per heavy atom. The minimum atomic E-state index is -0.441. The quantitative estimate of drug-likeness (QED) is 0.585. The molecule has 0 bridgehead atoms. The normalized spacial score (nSPS) is 21.3. The van der Waals surface area contributed by atoms with Gasteiger partial charge in [0.1, 0.15) is 0 Å². The molecule has 0 N–H and O–H groups in total. The van der Waals surface area contributed by atoms with Crippen LogP contribution in [0.3, 0.4) is 0 Å². The van der Waals surface area contributed by atoms with E-state index < -0.39 is 4.92 Å². The van der Waals surface area contributed by atoms with Gasteiger partial charge >= 0.3 is 0 Å². The van der Waals surface area contributed by atoms with Crippen LogP contribution in [-0.2, 0) is 9.59 Å². The van der Waals surface area contributed by atoms with Crippen LogP contribution < -0.4 is 0 Å². The van der Waals surface area contributed by atoms with Crippen molar-refractivity contribution < 1.29 is 14.5 Å². The predicted molar refractivity (Wildman–Crippen MR) is 91.7 cm³/mol. The van der Waals surface area contributed by atoms with Crippen molar-refractivity contribution in [2.75, 3.05) is 20.1 Å². The first-order valence-corrected chi connectivity index (χ1v) is 8.65. The topological polar surface area (TPSA) is 83.8 Å². The Morgan fingerprint density at radius 1 is 1.44 bits per heavy atom. The van der Waals surface area contributed by atoms with Crippen molar-refractivity contribution >= 4 is 17.5 Å². The van der Waals surface area contributed by atoms with Gasteiger partial charge in [-0.1, -0.05) is 12.1 Å². The number of hydrogen-bond acceptors (Lipinski definition) is 4. The van der Waals surface area contributed by atoms with Crippen LogP contribution >= 0.6 is 0 Å². The van der Waals surface area contributed by atoms with Crippen LogP contribution in [0.1, 0.15) is 37.8 Å². The molecular formula is C18H23N3O4. The van der Waals surface area contributed by atoms with E-state index in [0.29, 0.717) is 18.0 Å². The van der Waals surface area contributed by atoms with Crippen LogP contribution in [0.2, 0.25) is 0 Å². The first-order chi connectivity index (χ1) is 11.9. The van der Waals surface area contributed by atoms with Gasteiger partial charge in [0, 0.05) is 38.7 Å². The van der Waals surface area contributed by atoms with Gasteiger partial charge < -0.3 is 9.80 Å². The molecule has 3 rings (SSSR count). The Kier molecular flexibility index (Phi) is 4.74. The molecule has 1 aliphatic heterocycles. The summed E-state index contributed by atoms with van der Waals surface area (Å²) in [7, 11) is 1.69. The summed E-state index contributed by atoms with van der Waals surface area (Å²) in [4.78, 5) is 38.8. The summed E-state index contributed by atoms with van der Waals surface area (Å²) < 4.78 is 0. The van der Waals surface area contributed by atoms with Crippen molar-refractivity contribution in [3.8, 4) is 0 Å². The van der Waals surface area contributed by atoms with Crippen LogP contribution in [-0.4, -0.2) is 46.7 Å². The second-order valence-corrected chi connectivity index (χ2v) is 7.12. The van der Waals surface area contributed by atoms with Crippen molar-refractivity contribution in [1.82, 2.24) is 9.80 Å². The summed E-state index contributed by atoms with van der Waals surface area (Å²) in [6, 6.07) is 6.04. The third-order valence-corrected chi connectivity index (χ3v) is 5.23. The highest BCUT2D eigenvalue weighted by Crippen LogP contribution is 2.33. The molecule has 1 aliphatic carbocycles. The highest BCUT2D eigenvalue weighted by Gasteiger charge is 2.38. The van der Waals surface area contributed by atoms with Gasteiger partial charge in [0.05, 0.1) is 16.9 Å². The average Bonchev–Trinajstić information content (AvgIpc) is 3.35. The second-order valence-electron chi connectivity index (χ2n) is 7.12. The van der Waals surface area contributed by atoms with E-state index in [-0.39, 0.29) is 35.9 Å². The minimum absolute atomic E-state index is 0.0110. The zero-order valence-electron chi connectivity index (χ0n) is 14.6. The lowest BCUT2D eigenvalue weighted by atomic mass is 10.0. The molecule has 7 nitrogen and oxygen atoms in total. The maximum absolute atomic E-state index is 12.8. The summed E-state index contributed by atoms with van der Waals surface area (Å²) in [5.41, 5.74) is 0.723. The van der Waals surface area contributed by atoms with Gasteiger partial charge in [-0.25, -0.2) is 0 Å². The molecule has 7 heteroatoms. The number of benzene rings is 1. The molecule has 1 saturated carbocycles. The van der Waals surface area contributed by atoms with Crippen molar-refractivity contribution in [3.05, 3.63) is 39.9 Å². The maximum Gasteiger partial charge on any atom is 0.269 e. The second kappa shape index (κ2) is 6.82. The number of carbonyl (C=O) groups excluding carboxylic acids is 2. The number of nitrogens with zero attached hydrogens (tertiary/aromatic N) is 3. The fourth-order valence-corrected chi connectivity index (χ4v) is 3.33. The van der Waals surface area contributed by atoms with E-state index in [0.717, 1.165) is 6.54 Å². The summed E-state index contributed by atoms with van der Waals surface area (Å²) in [6.07, 6.45) is 2.61. The third kappa shape index (κ3) is 3.81. The lowest BCUT2D eigenvalue weighted by molar-refractivity contribution is -0.384. The largest absolute Gasteiger partial charge is 0.342 e. The number of likely N-dealkylation sites (tertiary alicyclic amines) is 1. The smallest absolute Gasteiger partial charge is 0.269 e. The van der Waals surface area contributed by atoms with E-state index in [4.69, 9.17) is 0 Å². The van der Waals surface area contributed by atoms with Crippen molar-refractivity contribution in [2.24, 2.45) is 11.8 Å². The standard InChI is InChI=1S/C18H23N3O4/c1-12(14-4-3-5-16(8-14)21(24)25)19(2)18(23)15-9-17(22)20(11-15)10-13-6-7-13/h3-5,8,12-13,15H,6-7,9-11H2,1-2H3. The predicted octanol–water partition coefficient (Wildman–Crippen LogP) is 2.37. The summed E-state index contributed by atoms with van der Waals surface area (Å²) in [6.45, 7) is 3.10. The first kappa shape index (κ1) is 17.4. The molecule has 1 saturated heterocycles. The molecule has 0 spiro atoms. The van der Waals surface area contributed by atoms with Crippen LogP contribution in [0.25, 0.3) is 0 Å². The molecule has 2 unspecified atom stereocenters. The fraction of sp³-hybridized carbons (Fsp3) is 0.556. The highest BCUT2D eigenvalue weighted by atomic mass is 16.6. The number of non-ortho nitro benzene ring substituents is 1. The van der Waals surface area contributed by atoms with Crippen LogP contribution in [0.15, 0.2) is 24.3 Å². The fourth-order valence-electron chi connectivity index (χ4n) is 3.33. The molecule has 0 radical (unpaired) electrons. The molecule has 2 atom stereocenters. The highest BCUT2D eigenvalue weighted by molar-refractivity contribution is 5.89. The maximum atomic E-state index is 12.8. The zero-order chi connectivity index (χ0) is 18.1. The number of nitro benzene ring substituents is 1. The third-order valence-electron chi connectivity index (χ3n) is 5.23. The summed E-state index contributed by atoms with van der Waals surface area (Å²) in [5, 5.41) is 10.9. The Labute approximate surface area is 146 Å². The molecular weight excluding hydrogens is 322 g/mol. The van der Waals surface area contributed by atoms with Gasteiger partial charge in [0.15, 0.2) is 0 Å². The summed E-state index contributed by atoms with van der Waals surface area (Å²) in [5.74, 6) is 0.268. The first-order valence-electron chi connectivity index (χ1n) is 8.65. The van der Waals surface area contributed by atoms with Gasteiger partial charge in [-0.2, -0.15) is 0 Å². The van der Waals surface area contributed by atoms with E-state index in [1.165, 1.54) is 25.0 Å². The van der Waals surface area contributed by atoms with Crippen molar-refractivity contribution in [3.63, 3.8) is 0 Å². The van der Waals surface area contributed by atoms with E-state index in [9.17, 15) is 19.7 Å². The van der Waals surface area contributed by atoms with E-state index in [1.54, 1.807) is 24.1 Å². The monoisotopic (exact) mass is 345 g/mol. The number of nitro groups is 1. The SMILES string of the molecule is CC(c1cccc([N+](=O)[O-])c1)N(C)C(=O)C1CC(=O)N(CC2CC2)C1. The van der Waals surface area contributed by atoms with Gasteiger partial charge in [-0.15, -0.1) is 0 Å². The van der Waals surface area contributed by atoms with Crippen molar-refractivity contribution in [2.45, 2.75) is 32.2 Å². The number of hydrogen-bond donors (Lipinski definition) is 0. The Hall–Kier alpha value is -2.44. The average molecular weight is 345 g/mol. The zero-order valence-corrected chi connectivity index (χ0v) is 14.6. The molecule has 134 valence electrons. The van der Waals surface area contributed by atoms with E-state index in [2.05, 4.69) is 0 Å². The minimum Gasteiger partial charge on any atom is -0.342 e. The number of amides is 2.